The van der Waals surface area contributed by atoms with Crippen LogP contribution < -0.4 is 10.9 Å². The molecule has 0 aliphatic carbocycles. The summed E-state index contributed by atoms with van der Waals surface area (Å²) in [4.78, 5) is 23.3. The van der Waals surface area contributed by atoms with Gasteiger partial charge in [0.15, 0.2) is 0 Å². The summed E-state index contributed by atoms with van der Waals surface area (Å²) in [6, 6.07) is 10.6. The summed E-state index contributed by atoms with van der Waals surface area (Å²) < 4.78 is 5.29. The molecule has 5 nitrogen and oxygen atoms in total. The van der Waals surface area contributed by atoms with Gasteiger partial charge >= 0.3 is 0 Å². The van der Waals surface area contributed by atoms with Gasteiger partial charge < -0.3 is 4.42 Å². The molecule has 0 spiro atoms. The van der Waals surface area contributed by atoms with E-state index in [0.717, 1.165) is 11.3 Å². The Labute approximate surface area is 122 Å². The SMILES string of the molecule is Cc1ccc(C(=O)NNC(=O)C=Cc2ccc(C)o2)cc1. The molecule has 21 heavy (non-hydrogen) atoms. The molecule has 2 aromatic rings. The minimum Gasteiger partial charge on any atom is -0.462 e. The zero-order valence-electron chi connectivity index (χ0n) is 11.8. The summed E-state index contributed by atoms with van der Waals surface area (Å²) in [6.45, 7) is 3.75. The zero-order chi connectivity index (χ0) is 15.2. The van der Waals surface area contributed by atoms with E-state index in [9.17, 15) is 9.59 Å². The van der Waals surface area contributed by atoms with Crippen molar-refractivity contribution in [1.29, 1.82) is 0 Å². The Hall–Kier alpha value is -2.82. The molecular formula is C16H16N2O3. The molecule has 1 aromatic carbocycles. The molecule has 5 heteroatoms. The molecule has 0 aliphatic rings. The highest BCUT2D eigenvalue weighted by molar-refractivity contribution is 5.97. The van der Waals surface area contributed by atoms with Crippen molar-refractivity contribution in [3.8, 4) is 0 Å². The van der Waals surface area contributed by atoms with Gasteiger partial charge in [-0.3, -0.25) is 20.4 Å². The molecule has 0 saturated heterocycles. The lowest BCUT2D eigenvalue weighted by atomic mass is 10.1. The second kappa shape index (κ2) is 6.56. The first-order valence-corrected chi connectivity index (χ1v) is 6.46. The predicted octanol–water partition coefficient (Wildman–Crippen LogP) is 2.37. The van der Waals surface area contributed by atoms with E-state index in [4.69, 9.17) is 4.42 Å². The number of aryl methyl sites for hydroxylation is 2. The van der Waals surface area contributed by atoms with Gasteiger partial charge in [-0.05, 0) is 44.2 Å². The second-order valence-electron chi connectivity index (χ2n) is 4.59. The Morgan fingerprint density at radius 2 is 1.71 bits per heavy atom. The molecule has 1 heterocycles. The summed E-state index contributed by atoms with van der Waals surface area (Å²) in [7, 11) is 0. The van der Waals surface area contributed by atoms with E-state index < -0.39 is 5.91 Å². The van der Waals surface area contributed by atoms with Crippen molar-refractivity contribution < 1.29 is 14.0 Å². The zero-order valence-corrected chi connectivity index (χ0v) is 11.8. The summed E-state index contributed by atoms with van der Waals surface area (Å²) in [5.41, 5.74) is 6.19. The number of hydrazine groups is 1. The van der Waals surface area contributed by atoms with Crippen LogP contribution in [0.1, 0.15) is 27.4 Å². The standard InChI is InChI=1S/C16H16N2O3/c1-11-3-6-13(7-4-11)16(20)18-17-15(19)10-9-14-8-5-12(2)21-14/h3-10H,1-2H3,(H,17,19)(H,18,20). The van der Waals surface area contributed by atoms with Gasteiger partial charge in [-0.15, -0.1) is 0 Å². The topological polar surface area (TPSA) is 71.3 Å². The maximum atomic E-state index is 11.8. The molecule has 0 radical (unpaired) electrons. The van der Waals surface area contributed by atoms with Crippen LogP contribution in [0.25, 0.3) is 6.08 Å². The largest absolute Gasteiger partial charge is 0.462 e. The first-order valence-electron chi connectivity index (χ1n) is 6.46. The Morgan fingerprint density at radius 3 is 2.33 bits per heavy atom. The molecule has 0 unspecified atom stereocenters. The van der Waals surface area contributed by atoms with Crippen molar-refractivity contribution in [3.05, 3.63) is 65.1 Å². The van der Waals surface area contributed by atoms with Crippen LogP contribution in [-0.4, -0.2) is 11.8 Å². The van der Waals surface area contributed by atoms with Crippen LogP contribution in [0.2, 0.25) is 0 Å². The number of furan rings is 1. The van der Waals surface area contributed by atoms with E-state index in [1.807, 2.05) is 26.0 Å². The maximum Gasteiger partial charge on any atom is 0.269 e. The van der Waals surface area contributed by atoms with Gasteiger partial charge in [0.25, 0.3) is 11.8 Å². The number of benzene rings is 1. The minimum absolute atomic E-state index is 0.370. The lowest BCUT2D eigenvalue weighted by Crippen LogP contribution is -2.40. The number of carbonyl (C=O) groups is 2. The van der Waals surface area contributed by atoms with Crippen LogP contribution in [0.3, 0.4) is 0 Å². The molecule has 108 valence electrons. The van der Waals surface area contributed by atoms with Gasteiger partial charge in [-0.2, -0.15) is 0 Å². The number of rotatable bonds is 3. The third-order valence-corrected chi connectivity index (χ3v) is 2.77. The van der Waals surface area contributed by atoms with E-state index in [1.54, 1.807) is 24.3 Å². The summed E-state index contributed by atoms with van der Waals surface area (Å²) >= 11 is 0. The lowest BCUT2D eigenvalue weighted by Gasteiger charge is -2.05. The third-order valence-electron chi connectivity index (χ3n) is 2.77. The van der Waals surface area contributed by atoms with Crippen LogP contribution in [0.5, 0.6) is 0 Å². The Kier molecular flexibility index (Phi) is 4.56. The lowest BCUT2D eigenvalue weighted by molar-refractivity contribution is -0.117. The van der Waals surface area contributed by atoms with Crippen LogP contribution in [0.15, 0.2) is 46.9 Å². The van der Waals surface area contributed by atoms with E-state index in [1.165, 1.54) is 12.2 Å². The fourth-order valence-electron chi connectivity index (χ4n) is 1.64. The van der Waals surface area contributed by atoms with Crippen molar-refractivity contribution in [2.75, 3.05) is 0 Å². The van der Waals surface area contributed by atoms with Crippen molar-refractivity contribution in [2.24, 2.45) is 0 Å². The predicted molar refractivity (Wildman–Crippen MR) is 79.3 cm³/mol. The molecule has 2 N–H and O–H groups in total. The number of hydrogen-bond donors (Lipinski definition) is 2. The molecule has 0 fully saturated rings. The van der Waals surface area contributed by atoms with E-state index in [0.29, 0.717) is 11.3 Å². The fourth-order valence-corrected chi connectivity index (χ4v) is 1.64. The number of amides is 2. The quantitative estimate of drug-likeness (QED) is 0.671. The minimum atomic E-state index is -0.440. The van der Waals surface area contributed by atoms with Crippen molar-refractivity contribution in [3.63, 3.8) is 0 Å². The molecule has 2 amide bonds. The Balaban J connectivity index is 1.85. The average molecular weight is 284 g/mol. The highest BCUT2D eigenvalue weighted by Gasteiger charge is 2.05. The number of hydrogen-bond acceptors (Lipinski definition) is 3. The second-order valence-corrected chi connectivity index (χ2v) is 4.59. The fraction of sp³-hybridized carbons (Fsp3) is 0.125. The Bertz CT molecular complexity index is 669. The molecule has 0 bridgehead atoms. The number of carbonyl (C=O) groups excluding carboxylic acids is 2. The monoisotopic (exact) mass is 284 g/mol. The molecule has 0 atom stereocenters. The molecule has 0 aliphatic heterocycles. The van der Waals surface area contributed by atoms with Crippen molar-refractivity contribution in [1.82, 2.24) is 10.9 Å². The van der Waals surface area contributed by atoms with Gasteiger partial charge in [0, 0.05) is 11.6 Å². The van der Waals surface area contributed by atoms with E-state index in [-0.39, 0.29) is 5.91 Å². The van der Waals surface area contributed by atoms with Gasteiger partial charge in [0.05, 0.1) is 0 Å². The smallest absolute Gasteiger partial charge is 0.269 e. The summed E-state index contributed by atoms with van der Waals surface area (Å²) in [5.74, 6) is 0.533. The molecule has 1 aromatic heterocycles. The normalized spacial score (nSPS) is 10.6. The van der Waals surface area contributed by atoms with Crippen LogP contribution in [0, 0.1) is 13.8 Å². The van der Waals surface area contributed by atoms with Gasteiger partial charge in [0.2, 0.25) is 0 Å². The Morgan fingerprint density at radius 1 is 1.00 bits per heavy atom. The van der Waals surface area contributed by atoms with Gasteiger partial charge in [-0.1, -0.05) is 17.7 Å². The van der Waals surface area contributed by atoms with E-state index >= 15 is 0 Å². The number of nitrogens with one attached hydrogen (secondary N) is 2. The van der Waals surface area contributed by atoms with Crippen LogP contribution >= 0.6 is 0 Å². The van der Waals surface area contributed by atoms with Gasteiger partial charge in [-0.25, -0.2) is 0 Å². The van der Waals surface area contributed by atoms with Crippen LogP contribution in [-0.2, 0) is 4.79 Å². The first kappa shape index (κ1) is 14.6. The molecular weight excluding hydrogens is 268 g/mol. The van der Waals surface area contributed by atoms with Crippen molar-refractivity contribution >= 4 is 17.9 Å². The average Bonchev–Trinajstić information content (AvgIpc) is 2.89. The first-order chi connectivity index (χ1) is 10.0. The maximum absolute atomic E-state index is 11.8. The summed E-state index contributed by atoms with van der Waals surface area (Å²) in [5, 5.41) is 0. The van der Waals surface area contributed by atoms with Crippen LogP contribution in [0.4, 0.5) is 0 Å². The van der Waals surface area contributed by atoms with Crippen molar-refractivity contribution in [2.45, 2.75) is 13.8 Å². The summed E-state index contributed by atoms with van der Waals surface area (Å²) in [6.07, 6.45) is 2.81. The van der Waals surface area contributed by atoms with Gasteiger partial charge in [0.1, 0.15) is 11.5 Å². The van der Waals surface area contributed by atoms with E-state index in [2.05, 4.69) is 10.9 Å². The molecule has 2 rings (SSSR count). The highest BCUT2D eigenvalue weighted by atomic mass is 16.3. The highest BCUT2D eigenvalue weighted by Crippen LogP contribution is 2.07. The molecule has 0 saturated carbocycles. The third kappa shape index (κ3) is 4.35.